The average molecular weight is 312 g/mol. The van der Waals surface area contributed by atoms with Gasteiger partial charge in [0.25, 0.3) is 0 Å². The number of pyridine rings is 1. The molecular weight excluding hydrogens is 292 g/mol. The summed E-state index contributed by atoms with van der Waals surface area (Å²) in [6.07, 6.45) is 4.64. The highest BCUT2D eigenvalue weighted by molar-refractivity contribution is 5.77. The molecule has 1 unspecified atom stereocenters. The van der Waals surface area contributed by atoms with Gasteiger partial charge in [-0.15, -0.1) is 0 Å². The molecule has 0 fully saturated rings. The smallest absolute Gasteiger partial charge is 0.308 e. The second-order valence-electron chi connectivity index (χ2n) is 5.39. The van der Waals surface area contributed by atoms with E-state index in [-0.39, 0.29) is 12.5 Å². The molecule has 2 aromatic rings. The van der Waals surface area contributed by atoms with Gasteiger partial charge in [-0.3, -0.25) is 14.6 Å². The first-order chi connectivity index (χ1) is 11.1. The van der Waals surface area contributed by atoms with Gasteiger partial charge in [0.1, 0.15) is 0 Å². The number of carboxylic acids is 1. The van der Waals surface area contributed by atoms with Crippen molar-refractivity contribution in [1.29, 1.82) is 0 Å². The Labute approximate surface area is 135 Å². The van der Waals surface area contributed by atoms with Gasteiger partial charge in [0.2, 0.25) is 5.91 Å². The number of nitrogens with one attached hydrogen (secondary N) is 1. The van der Waals surface area contributed by atoms with Gasteiger partial charge < -0.3 is 10.4 Å². The number of aromatic nitrogens is 1. The molecule has 1 amide bonds. The van der Waals surface area contributed by atoms with E-state index in [0.717, 1.165) is 11.1 Å². The maximum atomic E-state index is 11.9. The first-order valence-electron chi connectivity index (χ1n) is 7.57. The normalized spacial score (nSPS) is 11.7. The molecular formula is C18H20N2O3. The molecule has 2 N–H and O–H groups in total. The standard InChI is InChI=1S/C18H20N2O3/c21-17(9-8-14-5-2-1-3-6-14)20-13-16(18(22)23)11-15-7-4-10-19-12-15/h1-7,10,12,16H,8-9,11,13H2,(H,20,21)(H,22,23). The van der Waals surface area contributed by atoms with Gasteiger partial charge in [0, 0.05) is 25.4 Å². The van der Waals surface area contributed by atoms with Crippen molar-refractivity contribution in [2.45, 2.75) is 19.3 Å². The molecule has 0 aliphatic rings. The second-order valence-corrected chi connectivity index (χ2v) is 5.39. The summed E-state index contributed by atoms with van der Waals surface area (Å²) in [6.45, 7) is 0.123. The molecule has 1 aromatic carbocycles. The van der Waals surface area contributed by atoms with Crippen molar-refractivity contribution in [3.05, 3.63) is 66.0 Å². The number of nitrogens with zero attached hydrogens (tertiary/aromatic N) is 1. The van der Waals surface area contributed by atoms with Crippen molar-refractivity contribution in [2.75, 3.05) is 6.54 Å². The largest absolute Gasteiger partial charge is 0.481 e. The maximum absolute atomic E-state index is 11.9. The van der Waals surface area contributed by atoms with Crippen molar-refractivity contribution in [3.8, 4) is 0 Å². The number of hydrogen-bond donors (Lipinski definition) is 2. The van der Waals surface area contributed by atoms with Crippen LogP contribution in [-0.4, -0.2) is 28.5 Å². The summed E-state index contributed by atoms with van der Waals surface area (Å²) in [6, 6.07) is 13.3. The van der Waals surface area contributed by atoms with Gasteiger partial charge in [0.05, 0.1) is 5.92 Å². The van der Waals surface area contributed by atoms with Crippen molar-refractivity contribution in [3.63, 3.8) is 0 Å². The topological polar surface area (TPSA) is 79.3 Å². The highest BCUT2D eigenvalue weighted by Gasteiger charge is 2.19. The van der Waals surface area contributed by atoms with E-state index < -0.39 is 11.9 Å². The van der Waals surface area contributed by atoms with Crippen molar-refractivity contribution >= 4 is 11.9 Å². The zero-order chi connectivity index (χ0) is 16.5. The molecule has 5 nitrogen and oxygen atoms in total. The van der Waals surface area contributed by atoms with Gasteiger partial charge in [-0.05, 0) is 30.0 Å². The van der Waals surface area contributed by atoms with Crippen LogP contribution in [0.4, 0.5) is 0 Å². The van der Waals surface area contributed by atoms with Crippen LogP contribution in [0.3, 0.4) is 0 Å². The number of carbonyl (C=O) groups is 2. The molecule has 1 atom stereocenters. The molecule has 0 aliphatic carbocycles. The van der Waals surface area contributed by atoms with Crippen LogP contribution in [0.25, 0.3) is 0 Å². The van der Waals surface area contributed by atoms with Crippen molar-refractivity contribution in [1.82, 2.24) is 10.3 Å². The molecule has 1 heterocycles. The van der Waals surface area contributed by atoms with E-state index in [1.807, 2.05) is 36.4 Å². The van der Waals surface area contributed by atoms with E-state index in [1.165, 1.54) is 0 Å². The van der Waals surface area contributed by atoms with Crippen molar-refractivity contribution in [2.24, 2.45) is 5.92 Å². The van der Waals surface area contributed by atoms with Crippen LogP contribution < -0.4 is 5.32 Å². The quantitative estimate of drug-likeness (QED) is 0.782. The Hall–Kier alpha value is -2.69. The fourth-order valence-corrected chi connectivity index (χ4v) is 2.28. The minimum Gasteiger partial charge on any atom is -0.481 e. The van der Waals surface area contributed by atoms with Crippen LogP contribution in [0.1, 0.15) is 17.5 Å². The number of benzene rings is 1. The Morgan fingerprint density at radius 2 is 1.83 bits per heavy atom. The predicted octanol–water partition coefficient (Wildman–Crippen LogP) is 2.07. The van der Waals surface area contributed by atoms with Crippen LogP contribution in [0.15, 0.2) is 54.9 Å². The highest BCUT2D eigenvalue weighted by atomic mass is 16.4. The summed E-state index contributed by atoms with van der Waals surface area (Å²) in [5.41, 5.74) is 1.94. The van der Waals surface area contributed by atoms with Crippen LogP contribution >= 0.6 is 0 Å². The molecule has 2 rings (SSSR count). The Kier molecular flexibility index (Phi) is 6.29. The third-order valence-electron chi connectivity index (χ3n) is 3.58. The van der Waals surface area contributed by atoms with E-state index >= 15 is 0 Å². The van der Waals surface area contributed by atoms with Gasteiger partial charge in [-0.25, -0.2) is 0 Å². The van der Waals surface area contributed by atoms with Gasteiger partial charge in [0.15, 0.2) is 0 Å². The SMILES string of the molecule is O=C(CCc1ccccc1)NCC(Cc1cccnc1)C(=O)O. The average Bonchev–Trinajstić information content (AvgIpc) is 2.58. The lowest BCUT2D eigenvalue weighted by Crippen LogP contribution is -2.34. The summed E-state index contributed by atoms with van der Waals surface area (Å²) >= 11 is 0. The summed E-state index contributed by atoms with van der Waals surface area (Å²) in [4.78, 5) is 27.2. The number of aryl methyl sites for hydroxylation is 1. The van der Waals surface area contributed by atoms with E-state index in [0.29, 0.717) is 19.3 Å². The maximum Gasteiger partial charge on any atom is 0.308 e. The minimum atomic E-state index is -0.919. The van der Waals surface area contributed by atoms with Gasteiger partial charge in [-0.1, -0.05) is 36.4 Å². The molecule has 0 spiro atoms. The van der Waals surface area contributed by atoms with E-state index in [4.69, 9.17) is 0 Å². The number of rotatable bonds is 8. The predicted molar refractivity (Wildman–Crippen MR) is 86.8 cm³/mol. The Balaban J connectivity index is 1.79. The molecule has 5 heteroatoms. The lowest BCUT2D eigenvalue weighted by Gasteiger charge is -2.13. The summed E-state index contributed by atoms with van der Waals surface area (Å²) in [5, 5.41) is 12.0. The van der Waals surface area contributed by atoms with Gasteiger partial charge >= 0.3 is 5.97 Å². The Morgan fingerprint density at radius 1 is 1.09 bits per heavy atom. The third-order valence-corrected chi connectivity index (χ3v) is 3.58. The van der Waals surface area contributed by atoms with Crippen LogP contribution in [0, 0.1) is 5.92 Å². The molecule has 120 valence electrons. The first kappa shape index (κ1) is 16.7. The second kappa shape index (κ2) is 8.68. The van der Waals surface area contributed by atoms with E-state index in [2.05, 4.69) is 10.3 Å². The number of hydrogen-bond acceptors (Lipinski definition) is 3. The highest BCUT2D eigenvalue weighted by Crippen LogP contribution is 2.08. The number of amides is 1. The minimum absolute atomic E-state index is 0.123. The molecule has 23 heavy (non-hydrogen) atoms. The van der Waals surface area contributed by atoms with Crippen molar-refractivity contribution < 1.29 is 14.7 Å². The molecule has 0 radical (unpaired) electrons. The third kappa shape index (κ3) is 5.90. The monoisotopic (exact) mass is 312 g/mol. The summed E-state index contributed by atoms with van der Waals surface area (Å²) < 4.78 is 0. The number of aliphatic carboxylic acids is 1. The molecule has 1 aromatic heterocycles. The van der Waals surface area contributed by atoms with E-state index in [1.54, 1.807) is 18.5 Å². The Morgan fingerprint density at radius 3 is 2.48 bits per heavy atom. The summed E-state index contributed by atoms with van der Waals surface area (Å²) in [5.74, 6) is -1.71. The lowest BCUT2D eigenvalue weighted by atomic mass is 10.0. The molecule has 0 saturated carbocycles. The van der Waals surface area contributed by atoms with Gasteiger partial charge in [-0.2, -0.15) is 0 Å². The Bertz CT molecular complexity index is 629. The number of carbonyl (C=O) groups excluding carboxylic acids is 1. The zero-order valence-corrected chi connectivity index (χ0v) is 12.8. The first-order valence-corrected chi connectivity index (χ1v) is 7.57. The summed E-state index contributed by atoms with van der Waals surface area (Å²) in [7, 11) is 0. The molecule has 0 bridgehead atoms. The van der Waals surface area contributed by atoms with Crippen LogP contribution in [-0.2, 0) is 22.4 Å². The lowest BCUT2D eigenvalue weighted by molar-refractivity contribution is -0.141. The fourth-order valence-electron chi connectivity index (χ4n) is 2.28. The van der Waals surface area contributed by atoms with Crippen LogP contribution in [0.2, 0.25) is 0 Å². The van der Waals surface area contributed by atoms with Crippen LogP contribution in [0.5, 0.6) is 0 Å². The zero-order valence-electron chi connectivity index (χ0n) is 12.8. The van der Waals surface area contributed by atoms with E-state index in [9.17, 15) is 14.7 Å². The number of carboxylic acid groups (broad SMARTS) is 1. The fraction of sp³-hybridized carbons (Fsp3) is 0.278. The molecule has 0 aliphatic heterocycles. The molecule has 0 saturated heterocycles.